The van der Waals surface area contributed by atoms with Crippen molar-refractivity contribution in [2.75, 3.05) is 21.3 Å². The van der Waals surface area contributed by atoms with Crippen molar-refractivity contribution in [3.05, 3.63) is 59.1 Å². The predicted molar refractivity (Wildman–Crippen MR) is 104 cm³/mol. The van der Waals surface area contributed by atoms with Gasteiger partial charge in [-0.2, -0.15) is 5.26 Å². The molecule has 0 spiro atoms. The van der Waals surface area contributed by atoms with Gasteiger partial charge in [-0.15, -0.1) is 0 Å². The molecule has 3 aromatic rings. The third-order valence-corrected chi connectivity index (χ3v) is 4.38. The SMILES string of the molecule is COc1ccc(-c2cc(-c3ccc(Cl)cc3)nc(OC)c2C#N)c(OC)c1. The third kappa shape index (κ3) is 3.67. The highest BCUT2D eigenvalue weighted by molar-refractivity contribution is 6.30. The maximum Gasteiger partial charge on any atom is 0.232 e. The first-order chi connectivity index (χ1) is 13.1. The fourth-order valence-electron chi connectivity index (χ4n) is 2.78. The average molecular weight is 381 g/mol. The number of hydrogen-bond acceptors (Lipinski definition) is 5. The van der Waals surface area contributed by atoms with Crippen molar-refractivity contribution in [1.82, 2.24) is 4.98 Å². The Bertz CT molecular complexity index is 1010. The first-order valence-electron chi connectivity index (χ1n) is 8.08. The van der Waals surface area contributed by atoms with E-state index in [2.05, 4.69) is 11.1 Å². The molecule has 1 aromatic heterocycles. The van der Waals surface area contributed by atoms with E-state index in [-0.39, 0.29) is 5.88 Å². The second-order valence-corrected chi connectivity index (χ2v) is 6.06. The summed E-state index contributed by atoms with van der Waals surface area (Å²) >= 11 is 5.98. The molecule has 2 aromatic carbocycles. The van der Waals surface area contributed by atoms with E-state index in [1.165, 1.54) is 7.11 Å². The van der Waals surface area contributed by atoms with Crippen LogP contribution in [0.5, 0.6) is 17.4 Å². The highest BCUT2D eigenvalue weighted by atomic mass is 35.5. The van der Waals surface area contributed by atoms with Crippen molar-refractivity contribution in [1.29, 1.82) is 5.26 Å². The van der Waals surface area contributed by atoms with Crippen LogP contribution in [0.2, 0.25) is 5.02 Å². The van der Waals surface area contributed by atoms with Crippen molar-refractivity contribution in [2.24, 2.45) is 0 Å². The number of ether oxygens (including phenoxy) is 3. The normalized spacial score (nSPS) is 10.2. The van der Waals surface area contributed by atoms with E-state index >= 15 is 0 Å². The first-order valence-corrected chi connectivity index (χ1v) is 8.46. The lowest BCUT2D eigenvalue weighted by Gasteiger charge is -2.15. The number of halogens is 1. The zero-order valence-electron chi connectivity index (χ0n) is 15.1. The molecule has 0 N–H and O–H groups in total. The van der Waals surface area contributed by atoms with Gasteiger partial charge in [-0.1, -0.05) is 23.7 Å². The molecule has 0 radical (unpaired) electrons. The van der Waals surface area contributed by atoms with Gasteiger partial charge in [0, 0.05) is 27.8 Å². The molecule has 0 aliphatic rings. The summed E-state index contributed by atoms with van der Waals surface area (Å²) in [6.07, 6.45) is 0. The smallest absolute Gasteiger partial charge is 0.232 e. The fourth-order valence-corrected chi connectivity index (χ4v) is 2.91. The first kappa shape index (κ1) is 18.6. The van der Waals surface area contributed by atoms with E-state index in [0.717, 1.165) is 11.1 Å². The Kier molecular flexibility index (Phi) is 5.49. The van der Waals surface area contributed by atoms with Gasteiger partial charge in [0.1, 0.15) is 23.1 Å². The lowest BCUT2D eigenvalue weighted by atomic mass is 9.97. The average Bonchev–Trinajstić information content (AvgIpc) is 2.72. The molecule has 136 valence electrons. The van der Waals surface area contributed by atoms with Gasteiger partial charge in [-0.25, -0.2) is 4.98 Å². The molecule has 0 bridgehead atoms. The number of rotatable bonds is 5. The zero-order valence-corrected chi connectivity index (χ0v) is 15.9. The van der Waals surface area contributed by atoms with E-state index in [9.17, 15) is 5.26 Å². The molecule has 6 heteroatoms. The van der Waals surface area contributed by atoms with E-state index in [0.29, 0.717) is 33.3 Å². The molecule has 5 nitrogen and oxygen atoms in total. The van der Waals surface area contributed by atoms with Gasteiger partial charge in [-0.05, 0) is 30.3 Å². The zero-order chi connectivity index (χ0) is 19.4. The molecule has 0 amide bonds. The summed E-state index contributed by atoms with van der Waals surface area (Å²) < 4.78 is 16.1. The van der Waals surface area contributed by atoms with Crippen LogP contribution in [0.15, 0.2) is 48.5 Å². The van der Waals surface area contributed by atoms with Gasteiger partial charge in [0.2, 0.25) is 5.88 Å². The molecule has 27 heavy (non-hydrogen) atoms. The van der Waals surface area contributed by atoms with Gasteiger partial charge >= 0.3 is 0 Å². The Morgan fingerprint density at radius 1 is 0.889 bits per heavy atom. The topological polar surface area (TPSA) is 64.4 Å². The summed E-state index contributed by atoms with van der Waals surface area (Å²) in [5.41, 5.74) is 3.25. The number of methoxy groups -OCH3 is 3. The van der Waals surface area contributed by atoms with Crippen LogP contribution in [0, 0.1) is 11.3 Å². The largest absolute Gasteiger partial charge is 0.497 e. The predicted octanol–water partition coefficient (Wildman–Crippen LogP) is 4.97. The Balaban J connectivity index is 2.27. The van der Waals surface area contributed by atoms with Gasteiger partial charge in [0.15, 0.2) is 0 Å². The Labute approximate surface area is 162 Å². The molecule has 0 saturated heterocycles. The summed E-state index contributed by atoms with van der Waals surface area (Å²) in [5, 5.41) is 10.3. The summed E-state index contributed by atoms with van der Waals surface area (Å²) in [6, 6.07) is 16.8. The van der Waals surface area contributed by atoms with Crippen LogP contribution in [0.3, 0.4) is 0 Å². The van der Waals surface area contributed by atoms with E-state index in [4.69, 9.17) is 25.8 Å². The molecular weight excluding hydrogens is 364 g/mol. The number of benzene rings is 2. The number of nitrogens with zero attached hydrogens (tertiary/aromatic N) is 2. The standard InChI is InChI=1S/C21H17ClN2O3/c1-25-15-8-9-16(20(10-15)26-2)17-11-19(13-4-6-14(22)7-5-13)24-21(27-3)18(17)12-23/h4-11H,1-3H3. The highest BCUT2D eigenvalue weighted by Gasteiger charge is 2.19. The van der Waals surface area contributed by atoms with Crippen LogP contribution in [0.4, 0.5) is 0 Å². The molecule has 1 heterocycles. The third-order valence-electron chi connectivity index (χ3n) is 4.13. The molecule has 0 aliphatic carbocycles. The van der Waals surface area contributed by atoms with E-state index < -0.39 is 0 Å². The molecule has 0 saturated carbocycles. The van der Waals surface area contributed by atoms with Crippen LogP contribution >= 0.6 is 11.6 Å². The van der Waals surface area contributed by atoms with Crippen molar-refractivity contribution in [3.63, 3.8) is 0 Å². The maximum atomic E-state index is 9.70. The second kappa shape index (κ2) is 7.98. The lowest BCUT2D eigenvalue weighted by Crippen LogP contribution is -1.99. The quantitative estimate of drug-likeness (QED) is 0.625. The van der Waals surface area contributed by atoms with E-state index in [1.54, 1.807) is 32.4 Å². The summed E-state index contributed by atoms with van der Waals surface area (Å²) in [7, 11) is 4.65. The van der Waals surface area contributed by atoms with Crippen LogP contribution in [0.25, 0.3) is 22.4 Å². The maximum absolute atomic E-state index is 9.70. The number of pyridine rings is 1. The molecule has 0 atom stereocenters. The molecular formula is C21H17ClN2O3. The molecule has 0 fully saturated rings. The minimum absolute atomic E-state index is 0.248. The summed E-state index contributed by atoms with van der Waals surface area (Å²) in [5.74, 6) is 1.49. The molecule has 0 aliphatic heterocycles. The Morgan fingerprint density at radius 2 is 1.63 bits per heavy atom. The minimum atomic E-state index is 0.248. The summed E-state index contributed by atoms with van der Waals surface area (Å²) in [4.78, 5) is 4.48. The second-order valence-electron chi connectivity index (χ2n) is 5.62. The van der Waals surface area contributed by atoms with Crippen LogP contribution in [-0.2, 0) is 0 Å². The fraction of sp³-hybridized carbons (Fsp3) is 0.143. The number of hydrogen-bond donors (Lipinski definition) is 0. The van der Waals surface area contributed by atoms with Crippen molar-refractivity contribution < 1.29 is 14.2 Å². The van der Waals surface area contributed by atoms with E-state index in [1.807, 2.05) is 30.3 Å². The Hall–Kier alpha value is -3.23. The monoisotopic (exact) mass is 380 g/mol. The molecule has 0 unspecified atom stereocenters. The van der Waals surface area contributed by atoms with Gasteiger partial charge < -0.3 is 14.2 Å². The number of nitriles is 1. The van der Waals surface area contributed by atoms with Crippen LogP contribution in [0.1, 0.15) is 5.56 Å². The van der Waals surface area contributed by atoms with Crippen LogP contribution < -0.4 is 14.2 Å². The van der Waals surface area contributed by atoms with Crippen molar-refractivity contribution in [3.8, 4) is 45.8 Å². The lowest BCUT2D eigenvalue weighted by molar-refractivity contribution is 0.394. The van der Waals surface area contributed by atoms with Crippen LogP contribution in [-0.4, -0.2) is 26.3 Å². The van der Waals surface area contributed by atoms with Crippen molar-refractivity contribution >= 4 is 11.6 Å². The van der Waals surface area contributed by atoms with Gasteiger partial charge in [0.25, 0.3) is 0 Å². The Morgan fingerprint density at radius 3 is 2.22 bits per heavy atom. The highest BCUT2D eigenvalue weighted by Crippen LogP contribution is 2.39. The number of aromatic nitrogens is 1. The van der Waals surface area contributed by atoms with Crippen molar-refractivity contribution in [2.45, 2.75) is 0 Å². The summed E-state index contributed by atoms with van der Waals surface area (Å²) in [6.45, 7) is 0. The van der Waals surface area contributed by atoms with Gasteiger partial charge in [0.05, 0.1) is 27.0 Å². The van der Waals surface area contributed by atoms with Gasteiger partial charge in [-0.3, -0.25) is 0 Å². The minimum Gasteiger partial charge on any atom is -0.497 e. The molecule has 3 rings (SSSR count).